The molecule has 1 aromatic rings. The zero-order valence-electron chi connectivity index (χ0n) is 11.6. The number of benzene rings is 1. The van der Waals surface area contributed by atoms with Crippen LogP contribution in [0, 0.1) is 0 Å². The van der Waals surface area contributed by atoms with Crippen LogP contribution in [-0.2, 0) is 11.3 Å². The molecule has 0 radical (unpaired) electrons. The van der Waals surface area contributed by atoms with Crippen LogP contribution in [0.2, 0.25) is 0 Å². The van der Waals surface area contributed by atoms with E-state index < -0.39 is 0 Å². The molecule has 0 saturated carbocycles. The van der Waals surface area contributed by atoms with Gasteiger partial charge in [-0.1, -0.05) is 36.4 Å². The van der Waals surface area contributed by atoms with Crippen LogP contribution in [0.4, 0.5) is 4.79 Å². The summed E-state index contributed by atoms with van der Waals surface area (Å²) in [5.41, 5.74) is 1.30. The van der Waals surface area contributed by atoms with Crippen molar-refractivity contribution in [2.24, 2.45) is 0 Å². The van der Waals surface area contributed by atoms with E-state index in [-0.39, 0.29) is 18.2 Å². The van der Waals surface area contributed by atoms with Crippen molar-refractivity contribution in [3.63, 3.8) is 0 Å². The van der Waals surface area contributed by atoms with E-state index in [1.54, 1.807) is 11.0 Å². The molecular formula is C16H20N2O2. The average molecular weight is 272 g/mol. The monoisotopic (exact) mass is 272 g/mol. The van der Waals surface area contributed by atoms with Gasteiger partial charge in [0.1, 0.15) is 6.10 Å². The van der Waals surface area contributed by atoms with Crippen molar-refractivity contribution in [1.29, 1.82) is 0 Å². The minimum Gasteiger partial charge on any atom is -0.443 e. The summed E-state index contributed by atoms with van der Waals surface area (Å²) in [6.45, 7) is 7.03. The van der Waals surface area contributed by atoms with Gasteiger partial charge in [0.05, 0.1) is 6.04 Å². The highest BCUT2D eigenvalue weighted by Gasteiger charge is 2.44. The van der Waals surface area contributed by atoms with Gasteiger partial charge in [0.2, 0.25) is 0 Å². The van der Waals surface area contributed by atoms with E-state index in [1.165, 1.54) is 5.56 Å². The smallest absolute Gasteiger partial charge is 0.410 e. The molecule has 0 unspecified atom stereocenters. The van der Waals surface area contributed by atoms with Gasteiger partial charge in [-0.25, -0.2) is 4.79 Å². The zero-order valence-corrected chi connectivity index (χ0v) is 11.6. The van der Waals surface area contributed by atoms with Crippen molar-refractivity contribution in [3.8, 4) is 0 Å². The average Bonchev–Trinajstić information content (AvgIpc) is 2.76. The Bertz CT molecular complexity index is 489. The lowest BCUT2D eigenvalue weighted by Crippen LogP contribution is -2.48. The minimum absolute atomic E-state index is 0.0000813. The molecule has 2 aliphatic rings. The normalized spacial score (nSPS) is 26.2. The Labute approximate surface area is 119 Å². The predicted octanol–water partition coefficient (Wildman–Crippen LogP) is 2.27. The van der Waals surface area contributed by atoms with Crippen molar-refractivity contribution in [3.05, 3.63) is 48.6 Å². The van der Waals surface area contributed by atoms with Crippen LogP contribution in [0.15, 0.2) is 43.0 Å². The van der Waals surface area contributed by atoms with Crippen LogP contribution in [0.3, 0.4) is 0 Å². The van der Waals surface area contributed by atoms with Gasteiger partial charge < -0.3 is 4.74 Å². The second kappa shape index (κ2) is 5.67. The fourth-order valence-electron chi connectivity index (χ4n) is 3.11. The maximum absolute atomic E-state index is 11.8. The number of nitrogens with zero attached hydrogens (tertiary/aromatic N) is 2. The molecule has 0 bridgehead atoms. The van der Waals surface area contributed by atoms with Gasteiger partial charge in [-0.3, -0.25) is 9.80 Å². The molecular weight excluding hydrogens is 252 g/mol. The Kier molecular flexibility index (Phi) is 3.74. The number of hydrogen-bond donors (Lipinski definition) is 0. The van der Waals surface area contributed by atoms with E-state index >= 15 is 0 Å². The van der Waals surface area contributed by atoms with E-state index in [9.17, 15) is 4.79 Å². The predicted molar refractivity (Wildman–Crippen MR) is 77.3 cm³/mol. The first-order chi connectivity index (χ1) is 9.78. The van der Waals surface area contributed by atoms with Crippen molar-refractivity contribution in [1.82, 2.24) is 9.80 Å². The first kappa shape index (κ1) is 13.2. The first-order valence-corrected chi connectivity index (χ1v) is 7.12. The van der Waals surface area contributed by atoms with Gasteiger partial charge in [0.25, 0.3) is 0 Å². The van der Waals surface area contributed by atoms with Crippen molar-refractivity contribution >= 4 is 6.09 Å². The minimum atomic E-state index is -0.193. The van der Waals surface area contributed by atoms with Crippen LogP contribution in [-0.4, -0.2) is 47.7 Å². The molecule has 20 heavy (non-hydrogen) atoms. The summed E-state index contributed by atoms with van der Waals surface area (Å²) in [4.78, 5) is 16.0. The van der Waals surface area contributed by atoms with E-state index in [0.29, 0.717) is 6.54 Å². The van der Waals surface area contributed by atoms with Gasteiger partial charge in [-0.05, 0) is 12.0 Å². The molecule has 106 valence electrons. The lowest BCUT2D eigenvalue weighted by molar-refractivity contribution is 0.0630. The van der Waals surface area contributed by atoms with Gasteiger partial charge in [-0.2, -0.15) is 0 Å². The molecule has 2 heterocycles. The summed E-state index contributed by atoms with van der Waals surface area (Å²) in [5, 5.41) is 0. The van der Waals surface area contributed by atoms with Crippen LogP contribution in [0.25, 0.3) is 0 Å². The highest BCUT2D eigenvalue weighted by Crippen LogP contribution is 2.27. The van der Waals surface area contributed by atoms with Gasteiger partial charge in [0.15, 0.2) is 0 Å². The number of carbonyl (C=O) groups excluding carboxylic acids is 1. The lowest BCUT2D eigenvalue weighted by atomic mass is 10.0. The van der Waals surface area contributed by atoms with Crippen molar-refractivity contribution < 1.29 is 9.53 Å². The Morgan fingerprint density at radius 2 is 2.15 bits per heavy atom. The molecule has 0 N–H and O–H groups in total. The van der Waals surface area contributed by atoms with Crippen LogP contribution >= 0.6 is 0 Å². The molecule has 4 heteroatoms. The summed E-state index contributed by atoms with van der Waals surface area (Å²) < 4.78 is 5.50. The number of carbonyl (C=O) groups is 1. The third-order valence-corrected chi connectivity index (χ3v) is 4.07. The standard InChI is InChI=1S/C16H20N2O2/c1-2-9-18-14-8-10-17(12-15(14)20-16(18)19)11-13-6-4-3-5-7-13/h2-7,14-15H,1,8-12H2/t14-,15-/m0/s1. The second-order valence-electron chi connectivity index (χ2n) is 5.44. The SMILES string of the molecule is C=CCN1C(=O)O[C@H]2CN(Cc3ccccc3)CC[C@@H]21. The van der Waals surface area contributed by atoms with E-state index in [0.717, 1.165) is 26.1 Å². The summed E-state index contributed by atoms with van der Waals surface area (Å²) in [6.07, 6.45) is 2.54. The maximum atomic E-state index is 11.8. The molecule has 1 aromatic carbocycles. The van der Waals surface area contributed by atoms with Crippen LogP contribution in [0.1, 0.15) is 12.0 Å². The van der Waals surface area contributed by atoms with E-state index in [4.69, 9.17) is 4.74 Å². The number of likely N-dealkylation sites (tertiary alicyclic amines) is 1. The molecule has 1 amide bonds. The summed E-state index contributed by atoms with van der Waals surface area (Å²) >= 11 is 0. The molecule has 0 aliphatic carbocycles. The Morgan fingerprint density at radius 1 is 1.35 bits per heavy atom. The molecule has 4 nitrogen and oxygen atoms in total. The van der Waals surface area contributed by atoms with E-state index in [1.807, 2.05) is 6.07 Å². The quantitative estimate of drug-likeness (QED) is 0.788. The zero-order chi connectivity index (χ0) is 13.9. The summed E-state index contributed by atoms with van der Waals surface area (Å²) in [7, 11) is 0. The molecule has 2 atom stereocenters. The molecule has 0 aromatic heterocycles. The number of piperidine rings is 1. The van der Waals surface area contributed by atoms with Gasteiger partial charge in [0, 0.05) is 26.2 Å². The molecule has 3 rings (SSSR count). The molecule has 2 saturated heterocycles. The molecule has 2 aliphatic heterocycles. The second-order valence-corrected chi connectivity index (χ2v) is 5.44. The third kappa shape index (κ3) is 2.56. The summed E-state index contributed by atoms with van der Waals surface area (Å²) in [6, 6.07) is 10.6. The lowest BCUT2D eigenvalue weighted by Gasteiger charge is -2.35. The third-order valence-electron chi connectivity index (χ3n) is 4.07. The van der Waals surface area contributed by atoms with Gasteiger partial charge >= 0.3 is 6.09 Å². The number of ether oxygens (including phenoxy) is 1. The highest BCUT2D eigenvalue weighted by atomic mass is 16.6. The van der Waals surface area contributed by atoms with Crippen LogP contribution < -0.4 is 0 Å². The topological polar surface area (TPSA) is 32.8 Å². The molecule has 2 fully saturated rings. The number of hydrogen-bond acceptors (Lipinski definition) is 3. The van der Waals surface area contributed by atoms with Crippen LogP contribution in [0.5, 0.6) is 0 Å². The van der Waals surface area contributed by atoms with Crippen molar-refractivity contribution in [2.45, 2.75) is 25.1 Å². The number of fused-ring (bicyclic) bond motifs is 1. The number of rotatable bonds is 4. The Balaban J connectivity index is 1.62. The maximum Gasteiger partial charge on any atom is 0.410 e. The highest BCUT2D eigenvalue weighted by molar-refractivity contribution is 5.71. The number of amides is 1. The fraction of sp³-hybridized carbons (Fsp3) is 0.438. The largest absolute Gasteiger partial charge is 0.443 e. The fourth-order valence-corrected chi connectivity index (χ4v) is 3.11. The molecule has 0 spiro atoms. The Hall–Kier alpha value is -1.81. The van der Waals surface area contributed by atoms with Crippen molar-refractivity contribution in [2.75, 3.05) is 19.6 Å². The van der Waals surface area contributed by atoms with Gasteiger partial charge in [-0.15, -0.1) is 6.58 Å². The Morgan fingerprint density at radius 3 is 2.90 bits per heavy atom. The van der Waals surface area contributed by atoms with E-state index in [2.05, 4.69) is 35.7 Å². The first-order valence-electron chi connectivity index (χ1n) is 7.12. The summed E-state index contributed by atoms with van der Waals surface area (Å²) in [5.74, 6) is 0.